The predicted molar refractivity (Wildman–Crippen MR) is 71.4 cm³/mol. The Morgan fingerprint density at radius 2 is 2.10 bits per heavy atom. The summed E-state index contributed by atoms with van der Waals surface area (Å²) in [4.78, 5) is 27.3. The number of carbonyl (C=O) groups is 2. The Balaban J connectivity index is 2.35. The zero-order valence-electron chi connectivity index (χ0n) is 11.3. The molecule has 0 saturated carbocycles. The van der Waals surface area contributed by atoms with Crippen molar-refractivity contribution in [1.82, 2.24) is 0 Å². The molecule has 0 atom stereocenters. The van der Waals surface area contributed by atoms with E-state index >= 15 is 0 Å². The number of hydrogen-bond donors (Lipinski definition) is 0. The smallest absolute Gasteiger partial charge is 0.353 e. The number of methoxy groups -OCH3 is 2. The van der Waals surface area contributed by atoms with Crippen molar-refractivity contribution < 1.29 is 23.8 Å². The van der Waals surface area contributed by atoms with Crippen molar-refractivity contribution in [3.8, 4) is 5.75 Å². The summed E-state index contributed by atoms with van der Waals surface area (Å²) in [6, 6.07) is 5.41. The fourth-order valence-electron chi connectivity index (χ4n) is 1.94. The Bertz CT molecular complexity index is 565. The molecule has 20 heavy (non-hydrogen) atoms. The number of esters is 2. The van der Waals surface area contributed by atoms with Gasteiger partial charge in [0.05, 0.1) is 32.9 Å². The number of nitrogens with zero attached hydrogens (tertiary/aromatic N) is 1. The van der Waals surface area contributed by atoms with E-state index in [2.05, 4.69) is 14.5 Å². The minimum absolute atomic E-state index is 0.0136. The molecule has 0 aromatic heterocycles. The normalized spacial score (nSPS) is 13.4. The lowest BCUT2D eigenvalue weighted by atomic mass is 10.1. The molecule has 1 aliphatic rings. The van der Waals surface area contributed by atoms with Gasteiger partial charge in [-0.05, 0) is 12.1 Å². The second-order valence-electron chi connectivity index (χ2n) is 4.16. The quantitative estimate of drug-likeness (QED) is 0.615. The van der Waals surface area contributed by atoms with Crippen LogP contribution >= 0.6 is 0 Å². The van der Waals surface area contributed by atoms with Crippen LogP contribution in [-0.4, -0.2) is 38.5 Å². The van der Waals surface area contributed by atoms with E-state index in [1.54, 1.807) is 12.1 Å². The molecule has 1 aliphatic heterocycles. The maximum atomic E-state index is 11.7. The minimum Gasteiger partial charge on any atom is -0.493 e. The van der Waals surface area contributed by atoms with E-state index in [9.17, 15) is 9.59 Å². The molecule has 0 bridgehead atoms. The largest absolute Gasteiger partial charge is 0.493 e. The number of aliphatic imine (C=N–C) groups is 1. The third-order valence-corrected chi connectivity index (χ3v) is 2.93. The second kappa shape index (κ2) is 6.18. The first-order valence-corrected chi connectivity index (χ1v) is 6.13. The van der Waals surface area contributed by atoms with E-state index in [0.717, 1.165) is 17.7 Å². The molecule has 0 N–H and O–H groups in total. The number of rotatable bonds is 4. The first-order valence-electron chi connectivity index (χ1n) is 6.13. The van der Waals surface area contributed by atoms with Gasteiger partial charge < -0.3 is 14.2 Å². The van der Waals surface area contributed by atoms with Crippen LogP contribution in [-0.2, 0) is 25.5 Å². The highest BCUT2D eigenvalue weighted by Crippen LogP contribution is 2.33. The van der Waals surface area contributed by atoms with Gasteiger partial charge in [-0.2, -0.15) is 0 Å². The molecule has 6 heteroatoms. The van der Waals surface area contributed by atoms with Crippen LogP contribution in [0.2, 0.25) is 0 Å². The molecule has 6 nitrogen and oxygen atoms in total. The fourth-order valence-corrected chi connectivity index (χ4v) is 1.94. The van der Waals surface area contributed by atoms with Crippen LogP contribution in [0.4, 0.5) is 5.69 Å². The Kier molecular flexibility index (Phi) is 4.34. The third-order valence-electron chi connectivity index (χ3n) is 2.93. The molecule has 0 amide bonds. The van der Waals surface area contributed by atoms with Crippen LogP contribution in [0.3, 0.4) is 0 Å². The maximum Gasteiger partial charge on any atom is 0.353 e. The molecule has 0 unspecified atom stereocenters. The Labute approximate surface area is 116 Å². The third kappa shape index (κ3) is 2.96. The van der Waals surface area contributed by atoms with E-state index in [4.69, 9.17) is 4.74 Å². The van der Waals surface area contributed by atoms with Gasteiger partial charge in [-0.25, -0.2) is 9.79 Å². The highest BCUT2D eigenvalue weighted by Gasteiger charge is 2.20. The molecule has 2 rings (SSSR count). The van der Waals surface area contributed by atoms with Crippen LogP contribution in [0.25, 0.3) is 0 Å². The fraction of sp³-hybridized carbons (Fsp3) is 0.357. The van der Waals surface area contributed by atoms with Gasteiger partial charge in [-0.15, -0.1) is 0 Å². The number of carbonyl (C=O) groups excluding carboxylic acids is 2. The van der Waals surface area contributed by atoms with Gasteiger partial charge in [0.1, 0.15) is 11.5 Å². The van der Waals surface area contributed by atoms with Crippen molar-refractivity contribution in [2.45, 2.75) is 12.8 Å². The molecule has 0 aliphatic carbocycles. The van der Waals surface area contributed by atoms with Crippen LogP contribution < -0.4 is 4.74 Å². The molecule has 0 saturated heterocycles. The van der Waals surface area contributed by atoms with Crippen molar-refractivity contribution in [1.29, 1.82) is 0 Å². The zero-order valence-corrected chi connectivity index (χ0v) is 11.3. The highest BCUT2D eigenvalue weighted by molar-refractivity contribution is 6.39. The second-order valence-corrected chi connectivity index (χ2v) is 4.16. The Hall–Kier alpha value is -2.37. The Morgan fingerprint density at radius 3 is 2.80 bits per heavy atom. The lowest BCUT2D eigenvalue weighted by molar-refractivity contribution is -0.140. The molecular weight excluding hydrogens is 262 g/mol. The number of fused-ring (bicyclic) bond motifs is 1. The molecule has 106 valence electrons. The molecule has 1 heterocycles. The lowest BCUT2D eigenvalue weighted by Crippen LogP contribution is -2.20. The minimum atomic E-state index is -0.646. The van der Waals surface area contributed by atoms with Crippen molar-refractivity contribution in [2.24, 2.45) is 4.99 Å². The van der Waals surface area contributed by atoms with Gasteiger partial charge in [0, 0.05) is 12.0 Å². The topological polar surface area (TPSA) is 74.2 Å². The van der Waals surface area contributed by atoms with Crippen molar-refractivity contribution >= 4 is 23.3 Å². The average molecular weight is 277 g/mol. The standard InChI is InChI=1S/C14H15NO5/c1-18-13(16)8-11(14(17)19-2)15-10-4-3-5-12-9(10)6-7-20-12/h3-5H,6-8H2,1-2H3. The van der Waals surface area contributed by atoms with Gasteiger partial charge in [-0.1, -0.05) is 6.07 Å². The molecular formula is C14H15NO5. The molecule has 0 fully saturated rings. The van der Waals surface area contributed by atoms with Crippen LogP contribution in [0.15, 0.2) is 23.2 Å². The van der Waals surface area contributed by atoms with Gasteiger partial charge in [-0.3, -0.25) is 4.79 Å². The zero-order chi connectivity index (χ0) is 14.5. The van der Waals surface area contributed by atoms with Crippen LogP contribution in [0.1, 0.15) is 12.0 Å². The van der Waals surface area contributed by atoms with E-state index < -0.39 is 11.9 Å². The summed E-state index contributed by atoms with van der Waals surface area (Å²) in [7, 11) is 2.50. The van der Waals surface area contributed by atoms with Gasteiger partial charge in [0.25, 0.3) is 0 Å². The van der Waals surface area contributed by atoms with E-state index in [-0.39, 0.29) is 12.1 Å². The summed E-state index contributed by atoms with van der Waals surface area (Å²) >= 11 is 0. The summed E-state index contributed by atoms with van der Waals surface area (Å²) in [6.07, 6.45) is 0.495. The lowest BCUT2D eigenvalue weighted by Gasteiger charge is -2.06. The van der Waals surface area contributed by atoms with Crippen LogP contribution in [0.5, 0.6) is 5.75 Å². The van der Waals surface area contributed by atoms with E-state index in [0.29, 0.717) is 12.3 Å². The molecule has 1 aromatic rings. The number of hydrogen-bond acceptors (Lipinski definition) is 6. The molecule has 1 aromatic carbocycles. The number of ether oxygens (including phenoxy) is 3. The monoisotopic (exact) mass is 277 g/mol. The van der Waals surface area contributed by atoms with Gasteiger partial charge >= 0.3 is 11.9 Å². The molecule has 0 spiro atoms. The summed E-state index contributed by atoms with van der Waals surface area (Å²) in [5.74, 6) is -0.432. The summed E-state index contributed by atoms with van der Waals surface area (Å²) in [5.41, 5.74) is 1.56. The number of benzene rings is 1. The van der Waals surface area contributed by atoms with Gasteiger partial charge in [0.2, 0.25) is 0 Å². The molecule has 0 radical (unpaired) electrons. The Morgan fingerprint density at radius 1 is 1.30 bits per heavy atom. The van der Waals surface area contributed by atoms with Gasteiger partial charge in [0.15, 0.2) is 0 Å². The van der Waals surface area contributed by atoms with Crippen molar-refractivity contribution in [3.63, 3.8) is 0 Å². The summed E-state index contributed by atoms with van der Waals surface area (Å²) in [6.45, 7) is 0.590. The highest BCUT2D eigenvalue weighted by atomic mass is 16.5. The summed E-state index contributed by atoms with van der Waals surface area (Å²) in [5, 5.41) is 0. The van der Waals surface area contributed by atoms with Crippen LogP contribution in [0, 0.1) is 0 Å². The maximum absolute atomic E-state index is 11.7. The van der Waals surface area contributed by atoms with Crippen molar-refractivity contribution in [3.05, 3.63) is 23.8 Å². The summed E-state index contributed by atoms with van der Waals surface area (Å²) < 4.78 is 14.6. The van der Waals surface area contributed by atoms with E-state index in [1.807, 2.05) is 6.07 Å². The average Bonchev–Trinajstić information content (AvgIpc) is 2.94. The van der Waals surface area contributed by atoms with E-state index in [1.165, 1.54) is 14.2 Å². The predicted octanol–water partition coefficient (Wildman–Crippen LogP) is 1.43. The first kappa shape index (κ1) is 14.0. The first-order chi connectivity index (χ1) is 9.65. The van der Waals surface area contributed by atoms with Crippen molar-refractivity contribution in [2.75, 3.05) is 20.8 Å². The SMILES string of the molecule is COC(=O)CC(=Nc1cccc2c1CCO2)C(=O)OC.